The van der Waals surface area contributed by atoms with Gasteiger partial charge in [0.15, 0.2) is 0 Å². The molecular formula is C14H20F3N3OS. The highest BCUT2D eigenvalue weighted by Crippen LogP contribution is 2.29. The normalized spacial score (nSPS) is 20.0. The van der Waals surface area contributed by atoms with Gasteiger partial charge >= 0.3 is 6.18 Å². The van der Waals surface area contributed by atoms with Crippen molar-refractivity contribution in [3.63, 3.8) is 0 Å². The van der Waals surface area contributed by atoms with Crippen LogP contribution in [-0.2, 0) is 10.3 Å². The molecular weight excluding hydrogens is 315 g/mol. The van der Waals surface area contributed by atoms with Crippen molar-refractivity contribution in [3.8, 4) is 0 Å². The molecule has 0 spiro atoms. The Labute approximate surface area is 131 Å². The van der Waals surface area contributed by atoms with Crippen molar-refractivity contribution < 1.29 is 18.0 Å². The largest absolute Gasteiger partial charge is 0.406 e. The number of carbonyl (C=O) groups excluding carboxylic acids is 1. The second kappa shape index (κ2) is 5.81. The number of carbonyl (C=O) groups is 1. The number of thiazole rings is 1. The molecule has 2 rings (SSSR count). The van der Waals surface area contributed by atoms with Crippen molar-refractivity contribution >= 4 is 17.2 Å². The number of aromatic nitrogens is 1. The summed E-state index contributed by atoms with van der Waals surface area (Å²) in [6.07, 6.45) is -3.98. The van der Waals surface area contributed by atoms with E-state index in [1.807, 2.05) is 27.7 Å². The Morgan fingerprint density at radius 3 is 2.50 bits per heavy atom. The molecule has 2 heterocycles. The number of alkyl halides is 3. The quantitative estimate of drug-likeness (QED) is 0.920. The minimum atomic E-state index is -4.36. The Balaban J connectivity index is 2.06. The molecule has 0 saturated carbocycles. The van der Waals surface area contributed by atoms with Gasteiger partial charge in [0.1, 0.15) is 11.6 Å². The number of aryl methyl sites for hydroxylation is 2. The Bertz CT molecular complexity index is 549. The monoisotopic (exact) mass is 335 g/mol. The fourth-order valence-electron chi connectivity index (χ4n) is 2.48. The molecule has 1 aliphatic heterocycles. The van der Waals surface area contributed by atoms with Gasteiger partial charge in [0.25, 0.3) is 0 Å². The number of nitrogens with one attached hydrogen (secondary N) is 1. The van der Waals surface area contributed by atoms with Crippen molar-refractivity contribution in [1.29, 1.82) is 0 Å². The number of nitrogens with zero attached hydrogens (tertiary/aromatic N) is 2. The molecule has 4 nitrogen and oxygen atoms in total. The van der Waals surface area contributed by atoms with Crippen LogP contribution in [0.25, 0.3) is 0 Å². The van der Waals surface area contributed by atoms with Gasteiger partial charge in [0.05, 0.1) is 17.3 Å². The van der Waals surface area contributed by atoms with Gasteiger partial charge in [-0.2, -0.15) is 13.2 Å². The maximum absolute atomic E-state index is 12.4. The van der Waals surface area contributed by atoms with E-state index in [2.05, 4.69) is 10.3 Å². The highest BCUT2D eigenvalue weighted by Gasteiger charge is 2.41. The second-order valence-corrected chi connectivity index (χ2v) is 7.35. The molecule has 124 valence electrons. The van der Waals surface area contributed by atoms with Crippen LogP contribution >= 0.6 is 11.3 Å². The predicted octanol–water partition coefficient (Wildman–Crippen LogP) is 2.75. The lowest BCUT2D eigenvalue weighted by Crippen LogP contribution is -2.48. The number of hydrogen-bond acceptors (Lipinski definition) is 4. The van der Waals surface area contributed by atoms with Crippen molar-refractivity contribution in [3.05, 3.63) is 15.6 Å². The van der Waals surface area contributed by atoms with Gasteiger partial charge in [-0.15, -0.1) is 11.3 Å². The molecule has 8 heteroatoms. The number of likely N-dealkylation sites (tertiary alicyclic amines) is 1. The maximum atomic E-state index is 12.4. The van der Waals surface area contributed by atoms with Gasteiger partial charge in [0.2, 0.25) is 5.91 Å². The molecule has 0 aliphatic carbocycles. The molecule has 1 amide bonds. The summed E-state index contributed by atoms with van der Waals surface area (Å²) in [4.78, 5) is 18.6. The van der Waals surface area contributed by atoms with Crippen molar-refractivity contribution in [2.75, 3.05) is 13.1 Å². The van der Waals surface area contributed by atoms with Crippen LogP contribution in [0.2, 0.25) is 0 Å². The minimum Gasteiger partial charge on any atom is -0.332 e. The van der Waals surface area contributed by atoms with E-state index in [1.54, 1.807) is 0 Å². The average Bonchev–Trinajstić information content (AvgIpc) is 2.85. The molecule has 22 heavy (non-hydrogen) atoms. The first-order chi connectivity index (χ1) is 9.99. The van der Waals surface area contributed by atoms with Crippen molar-refractivity contribution in [2.45, 2.75) is 51.9 Å². The Morgan fingerprint density at radius 2 is 2.00 bits per heavy atom. The molecule has 1 aromatic heterocycles. The third-order valence-corrected chi connectivity index (χ3v) is 5.16. The third kappa shape index (κ3) is 3.78. The van der Waals surface area contributed by atoms with Gasteiger partial charge in [-0.3, -0.25) is 10.1 Å². The van der Waals surface area contributed by atoms with Crippen LogP contribution in [-0.4, -0.2) is 41.1 Å². The zero-order chi connectivity index (χ0) is 16.7. The summed E-state index contributed by atoms with van der Waals surface area (Å²) >= 11 is 1.54. The van der Waals surface area contributed by atoms with Crippen molar-refractivity contribution in [1.82, 2.24) is 15.2 Å². The second-order valence-electron chi connectivity index (χ2n) is 6.15. The molecule has 1 aromatic rings. The predicted molar refractivity (Wildman–Crippen MR) is 78.8 cm³/mol. The summed E-state index contributed by atoms with van der Waals surface area (Å²) in [5.74, 6) is -0.490. The first-order valence-electron chi connectivity index (χ1n) is 7.07. The Kier molecular flexibility index (Phi) is 4.54. The number of hydrogen-bond donors (Lipinski definition) is 1. The van der Waals surface area contributed by atoms with Crippen LogP contribution in [0, 0.1) is 13.8 Å². The van der Waals surface area contributed by atoms with Crippen molar-refractivity contribution in [2.24, 2.45) is 0 Å². The third-order valence-electron chi connectivity index (χ3n) is 3.77. The smallest absolute Gasteiger partial charge is 0.332 e. The van der Waals surface area contributed by atoms with Crippen LogP contribution in [0.5, 0.6) is 0 Å². The highest BCUT2D eigenvalue weighted by molar-refractivity contribution is 7.11. The van der Waals surface area contributed by atoms with Crippen LogP contribution in [0.15, 0.2) is 0 Å². The molecule has 1 fully saturated rings. The zero-order valence-electron chi connectivity index (χ0n) is 13.0. The maximum Gasteiger partial charge on any atom is 0.406 e. The number of rotatable bonds is 4. The van der Waals surface area contributed by atoms with E-state index in [4.69, 9.17) is 0 Å². The van der Waals surface area contributed by atoms with Gasteiger partial charge < -0.3 is 4.90 Å². The molecule has 1 aliphatic rings. The van der Waals surface area contributed by atoms with E-state index in [9.17, 15) is 18.0 Å². The minimum absolute atomic E-state index is 0.127. The van der Waals surface area contributed by atoms with Gasteiger partial charge in [-0.25, -0.2) is 4.98 Å². The lowest BCUT2D eigenvalue weighted by Gasteiger charge is -2.27. The van der Waals surface area contributed by atoms with E-state index in [0.29, 0.717) is 6.42 Å². The number of amides is 1. The molecule has 1 N–H and O–H groups in total. The summed E-state index contributed by atoms with van der Waals surface area (Å²) in [5.41, 5.74) is 0.379. The summed E-state index contributed by atoms with van der Waals surface area (Å²) in [6.45, 7) is 6.62. The van der Waals surface area contributed by atoms with Crippen LogP contribution in [0.4, 0.5) is 13.2 Å². The van der Waals surface area contributed by atoms with Crippen LogP contribution < -0.4 is 5.32 Å². The van der Waals surface area contributed by atoms with Gasteiger partial charge in [-0.05, 0) is 34.1 Å². The first kappa shape index (κ1) is 17.2. The van der Waals surface area contributed by atoms with E-state index in [0.717, 1.165) is 20.5 Å². The van der Waals surface area contributed by atoms with Gasteiger partial charge in [0, 0.05) is 11.4 Å². The standard InChI is InChI=1S/C14H20F3N3OS/c1-8-9(2)22-12(18-8)13(3,4)19-10-5-6-20(11(10)21)7-14(15,16)17/h10,19H,5-7H2,1-4H3/t10-/m1/s1. The molecule has 0 bridgehead atoms. The summed E-state index contributed by atoms with van der Waals surface area (Å²) < 4.78 is 37.3. The Hall–Kier alpha value is -1.15. The molecule has 0 radical (unpaired) electrons. The molecule has 1 atom stereocenters. The Morgan fingerprint density at radius 1 is 1.36 bits per heavy atom. The first-order valence-corrected chi connectivity index (χ1v) is 7.89. The topological polar surface area (TPSA) is 45.2 Å². The van der Waals surface area contributed by atoms with Crippen LogP contribution in [0.1, 0.15) is 35.8 Å². The van der Waals surface area contributed by atoms with E-state index >= 15 is 0 Å². The van der Waals surface area contributed by atoms with E-state index < -0.39 is 30.2 Å². The molecule has 0 aromatic carbocycles. The fraction of sp³-hybridized carbons (Fsp3) is 0.714. The SMILES string of the molecule is Cc1nc(C(C)(C)N[C@@H]2CCN(CC(F)(F)F)C2=O)sc1C. The molecule has 1 saturated heterocycles. The average molecular weight is 335 g/mol. The summed E-state index contributed by atoms with van der Waals surface area (Å²) in [7, 11) is 0. The summed E-state index contributed by atoms with van der Waals surface area (Å²) in [6, 6.07) is -0.595. The lowest BCUT2D eigenvalue weighted by atomic mass is 10.0. The highest BCUT2D eigenvalue weighted by atomic mass is 32.1. The van der Waals surface area contributed by atoms with Gasteiger partial charge in [-0.1, -0.05) is 0 Å². The number of halogens is 3. The molecule has 0 unspecified atom stereocenters. The zero-order valence-corrected chi connectivity index (χ0v) is 13.9. The van der Waals surface area contributed by atoms with E-state index in [-0.39, 0.29) is 6.54 Å². The van der Waals surface area contributed by atoms with Crippen LogP contribution in [0.3, 0.4) is 0 Å². The van der Waals surface area contributed by atoms with E-state index in [1.165, 1.54) is 11.3 Å². The lowest BCUT2D eigenvalue weighted by molar-refractivity contribution is -0.158. The fourth-order valence-corrected chi connectivity index (χ4v) is 3.46. The summed E-state index contributed by atoms with van der Waals surface area (Å²) in [5, 5.41) is 4.00.